The first-order chi connectivity index (χ1) is 13.9. The molecule has 1 heterocycles. The summed E-state index contributed by atoms with van der Waals surface area (Å²) < 4.78 is 0. The van der Waals surface area contributed by atoms with Gasteiger partial charge in [0.2, 0.25) is 0 Å². The van der Waals surface area contributed by atoms with E-state index in [2.05, 4.69) is 56.0 Å². The first-order valence-electron chi connectivity index (χ1n) is 12.7. The second-order valence-corrected chi connectivity index (χ2v) is 12.6. The van der Waals surface area contributed by atoms with E-state index in [1.807, 2.05) is 0 Å². The third-order valence-electron chi connectivity index (χ3n) is 11.2. The minimum atomic E-state index is 0.546. The molecule has 6 fully saturated rings. The molecule has 0 spiro atoms. The molecule has 0 amide bonds. The van der Waals surface area contributed by atoms with E-state index in [4.69, 9.17) is 0 Å². The third kappa shape index (κ3) is 2.82. The summed E-state index contributed by atoms with van der Waals surface area (Å²) in [7, 11) is 0. The van der Waals surface area contributed by atoms with Crippen LogP contribution in [0.3, 0.4) is 0 Å². The highest BCUT2D eigenvalue weighted by Crippen LogP contribution is 2.63. The summed E-state index contributed by atoms with van der Waals surface area (Å²) in [6.07, 6.45) is 10.5. The summed E-state index contributed by atoms with van der Waals surface area (Å²) in [4.78, 5) is 2.89. The Labute approximate surface area is 178 Å². The second kappa shape index (κ2) is 6.59. The van der Waals surface area contributed by atoms with Crippen LogP contribution in [0.15, 0.2) is 30.3 Å². The monoisotopic (exact) mass is 391 g/mol. The Balaban J connectivity index is 1.18. The Morgan fingerprint density at radius 3 is 2.55 bits per heavy atom. The zero-order chi connectivity index (χ0) is 19.8. The highest BCUT2D eigenvalue weighted by molar-refractivity contribution is 5.25. The Kier molecular flexibility index (Phi) is 4.30. The molecule has 0 N–H and O–H groups in total. The number of fused-ring (bicyclic) bond motifs is 2. The highest BCUT2D eigenvalue weighted by atomic mass is 15.2. The first kappa shape index (κ1) is 18.9. The highest BCUT2D eigenvalue weighted by Gasteiger charge is 2.56. The van der Waals surface area contributed by atoms with Gasteiger partial charge in [0.25, 0.3) is 0 Å². The van der Waals surface area contributed by atoms with Gasteiger partial charge >= 0.3 is 0 Å². The Morgan fingerprint density at radius 1 is 0.966 bits per heavy atom. The van der Waals surface area contributed by atoms with Crippen LogP contribution in [0, 0.1) is 46.3 Å². The van der Waals surface area contributed by atoms with Crippen molar-refractivity contribution >= 4 is 0 Å². The van der Waals surface area contributed by atoms with Crippen molar-refractivity contribution in [3.05, 3.63) is 35.9 Å². The van der Waals surface area contributed by atoms with Crippen molar-refractivity contribution in [2.45, 2.75) is 71.6 Å². The largest absolute Gasteiger partial charge is 0.302 e. The Bertz CT molecular complexity index is 753. The number of likely N-dealkylation sites (tertiary alicyclic amines) is 1. The van der Waals surface area contributed by atoms with Crippen LogP contribution < -0.4 is 0 Å². The van der Waals surface area contributed by atoms with Crippen molar-refractivity contribution in [2.75, 3.05) is 19.6 Å². The summed E-state index contributed by atoms with van der Waals surface area (Å²) in [5.74, 6) is 6.86. The number of hydrogen-bond acceptors (Lipinski definition) is 1. The van der Waals surface area contributed by atoms with Crippen molar-refractivity contribution in [2.24, 2.45) is 46.3 Å². The molecule has 1 aromatic rings. The lowest BCUT2D eigenvalue weighted by molar-refractivity contribution is -0.0685. The lowest BCUT2D eigenvalue weighted by Gasteiger charge is -2.59. The van der Waals surface area contributed by atoms with Gasteiger partial charge in [-0.15, -0.1) is 0 Å². The van der Waals surface area contributed by atoms with E-state index in [0.717, 1.165) is 41.4 Å². The minimum Gasteiger partial charge on any atom is -0.302 e. The predicted octanol–water partition coefficient (Wildman–Crippen LogP) is 6.60. The van der Waals surface area contributed by atoms with Gasteiger partial charge in [0.15, 0.2) is 0 Å². The Hall–Kier alpha value is -0.820. The molecular weight excluding hydrogens is 350 g/mol. The van der Waals surface area contributed by atoms with Gasteiger partial charge in [-0.1, -0.05) is 51.1 Å². The molecule has 0 aromatic heterocycles. The molecule has 1 aromatic carbocycles. The number of nitrogens with zero attached hydrogens (tertiary/aromatic N) is 1. The van der Waals surface area contributed by atoms with E-state index < -0.39 is 0 Å². The van der Waals surface area contributed by atoms with Crippen LogP contribution in [0.1, 0.15) is 77.2 Å². The third-order valence-corrected chi connectivity index (χ3v) is 11.2. The molecule has 1 heteroatoms. The van der Waals surface area contributed by atoms with Crippen LogP contribution in [-0.4, -0.2) is 24.5 Å². The normalized spacial score (nSPS) is 47.6. The molecule has 7 unspecified atom stereocenters. The van der Waals surface area contributed by atoms with Gasteiger partial charge in [-0.05, 0) is 109 Å². The number of hydrogen-bond donors (Lipinski definition) is 0. The topological polar surface area (TPSA) is 3.24 Å². The maximum absolute atomic E-state index is 2.89. The molecule has 158 valence electrons. The number of piperidine rings is 1. The van der Waals surface area contributed by atoms with Gasteiger partial charge in [-0.3, -0.25) is 0 Å². The maximum Gasteiger partial charge on any atom is 0.00407 e. The fourth-order valence-corrected chi connectivity index (χ4v) is 9.33. The van der Waals surface area contributed by atoms with Crippen molar-refractivity contribution in [1.82, 2.24) is 4.90 Å². The van der Waals surface area contributed by atoms with E-state index in [1.54, 1.807) is 12.0 Å². The average molecular weight is 392 g/mol. The quantitative estimate of drug-likeness (QED) is 0.559. The molecule has 29 heavy (non-hydrogen) atoms. The van der Waals surface area contributed by atoms with E-state index in [0.29, 0.717) is 10.8 Å². The lowest BCUT2D eigenvalue weighted by atomic mass is 9.46. The standard InChI is InChI=1S/C28H41N/c1-27(2)23-9-11-28(27,3)18-29(17-23)12-10-24-21-13-19-14-22(16-21)26(25(24)15-19)20-7-5-4-6-8-20/h4-8,19,21-26H,9-18H2,1-3H3/t19?,21?,22?,23?,24?,25?,26?,28-/m1/s1. The predicted molar refractivity (Wildman–Crippen MR) is 121 cm³/mol. The molecule has 5 saturated carbocycles. The molecule has 0 radical (unpaired) electrons. The van der Waals surface area contributed by atoms with Gasteiger partial charge < -0.3 is 4.90 Å². The molecule has 1 saturated heterocycles. The summed E-state index contributed by atoms with van der Waals surface area (Å²) in [5, 5.41) is 0. The zero-order valence-corrected chi connectivity index (χ0v) is 18.9. The van der Waals surface area contributed by atoms with Gasteiger partial charge in [-0.2, -0.15) is 0 Å². The van der Waals surface area contributed by atoms with Crippen molar-refractivity contribution in [3.63, 3.8) is 0 Å². The molecule has 8 atom stereocenters. The molecule has 6 bridgehead atoms. The van der Waals surface area contributed by atoms with Gasteiger partial charge in [0.05, 0.1) is 0 Å². The number of rotatable bonds is 4. The van der Waals surface area contributed by atoms with E-state index in [-0.39, 0.29) is 0 Å². The molecule has 1 aliphatic heterocycles. The van der Waals surface area contributed by atoms with Crippen LogP contribution in [0.4, 0.5) is 0 Å². The second-order valence-electron chi connectivity index (χ2n) is 12.6. The van der Waals surface area contributed by atoms with Crippen LogP contribution >= 0.6 is 0 Å². The lowest BCUT2D eigenvalue weighted by Crippen LogP contribution is -2.53. The van der Waals surface area contributed by atoms with Gasteiger partial charge in [0.1, 0.15) is 0 Å². The fraction of sp³-hybridized carbons (Fsp3) is 0.786. The number of benzene rings is 1. The zero-order valence-electron chi connectivity index (χ0n) is 18.9. The Morgan fingerprint density at radius 2 is 1.76 bits per heavy atom. The minimum absolute atomic E-state index is 0.546. The molecule has 7 rings (SSSR count). The van der Waals surface area contributed by atoms with Crippen molar-refractivity contribution < 1.29 is 0 Å². The first-order valence-corrected chi connectivity index (χ1v) is 12.7. The summed E-state index contributed by atoms with van der Waals surface area (Å²) in [5.41, 5.74) is 2.76. The van der Waals surface area contributed by atoms with Gasteiger partial charge in [0, 0.05) is 13.1 Å². The van der Waals surface area contributed by atoms with Crippen LogP contribution in [0.2, 0.25) is 0 Å². The molecule has 1 nitrogen and oxygen atoms in total. The molecule has 6 aliphatic rings. The smallest absolute Gasteiger partial charge is 0.00407 e. The summed E-state index contributed by atoms with van der Waals surface area (Å²) in [6, 6.07) is 11.6. The van der Waals surface area contributed by atoms with Crippen molar-refractivity contribution in [3.8, 4) is 0 Å². The van der Waals surface area contributed by atoms with E-state index in [1.165, 1.54) is 58.2 Å². The molecular formula is C28H41N. The SMILES string of the molecule is CC1(C)C2CC[C@]1(C)CN(CCC1C3CC4CC(C3)C(c3ccccc3)C1C4)C2. The fourth-order valence-electron chi connectivity index (χ4n) is 9.33. The molecule has 5 aliphatic carbocycles. The van der Waals surface area contributed by atoms with E-state index >= 15 is 0 Å². The summed E-state index contributed by atoms with van der Waals surface area (Å²) in [6.45, 7) is 11.8. The summed E-state index contributed by atoms with van der Waals surface area (Å²) >= 11 is 0. The van der Waals surface area contributed by atoms with E-state index in [9.17, 15) is 0 Å². The van der Waals surface area contributed by atoms with Crippen LogP contribution in [-0.2, 0) is 0 Å². The van der Waals surface area contributed by atoms with Crippen LogP contribution in [0.25, 0.3) is 0 Å². The maximum atomic E-state index is 2.89. The van der Waals surface area contributed by atoms with Crippen LogP contribution in [0.5, 0.6) is 0 Å². The van der Waals surface area contributed by atoms with Gasteiger partial charge in [-0.25, -0.2) is 0 Å². The average Bonchev–Trinajstić information content (AvgIpc) is 2.82. The van der Waals surface area contributed by atoms with Crippen molar-refractivity contribution in [1.29, 1.82) is 0 Å².